The van der Waals surface area contributed by atoms with E-state index in [2.05, 4.69) is 15.2 Å². The van der Waals surface area contributed by atoms with Crippen LogP contribution in [0.5, 0.6) is 5.75 Å². The van der Waals surface area contributed by atoms with Crippen molar-refractivity contribution in [3.05, 3.63) is 36.2 Å². The number of hydrogen-bond donors (Lipinski definition) is 2. The molecule has 0 fully saturated rings. The molecule has 132 valence electrons. The van der Waals surface area contributed by atoms with Gasteiger partial charge < -0.3 is 19.6 Å². The average molecular weight is 375 g/mol. The van der Waals surface area contributed by atoms with Crippen LogP contribution in [0, 0.1) is 5.92 Å². The van der Waals surface area contributed by atoms with E-state index >= 15 is 0 Å². The van der Waals surface area contributed by atoms with Crippen molar-refractivity contribution in [1.82, 2.24) is 15.2 Å². The minimum absolute atomic E-state index is 0. The van der Waals surface area contributed by atoms with E-state index in [1.54, 1.807) is 24.3 Å². The molecule has 0 saturated heterocycles. The number of rotatable bonds is 9. The number of H-pyrrole nitrogens is 1. The molecule has 0 amide bonds. The molecule has 25 heavy (non-hydrogen) atoms. The zero-order chi connectivity index (χ0) is 17.4. The van der Waals surface area contributed by atoms with Crippen LogP contribution in [0.3, 0.4) is 0 Å². The van der Waals surface area contributed by atoms with Gasteiger partial charge in [0, 0.05) is 5.75 Å². The average Bonchev–Trinajstić information content (AvgIpc) is 3.10. The second-order valence-electron chi connectivity index (χ2n) is 5.59. The summed E-state index contributed by atoms with van der Waals surface area (Å²) < 4.78 is 10.7. The van der Waals surface area contributed by atoms with E-state index in [4.69, 9.17) is 9.47 Å². The fourth-order valence-corrected chi connectivity index (χ4v) is 2.38. The number of benzene rings is 1. The summed E-state index contributed by atoms with van der Waals surface area (Å²) in [4.78, 5) is 14.6. The normalized spacial score (nSPS) is 11.7. The maximum atomic E-state index is 11.8. The maximum absolute atomic E-state index is 11.8. The fraction of sp³-hybridized carbons (Fsp3) is 0.438. The van der Waals surface area contributed by atoms with E-state index in [9.17, 15) is 9.90 Å². The first-order chi connectivity index (χ1) is 11.5. The Bertz CT molecular complexity index is 623. The molecule has 1 heterocycles. The summed E-state index contributed by atoms with van der Waals surface area (Å²) in [5.74, 6) is 0.972. The summed E-state index contributed by atoms with van der Waals surface area (Å²) in [6.45, 7) is 4.51. The van der Waals surface area contributed by atoms with E-state index in [0.717, 1.165) is 0 Å². The second-order valence-corrected chi connectivity index (χ2v) is 6.60. The summed E-state index contributed by atoms with van der Waals surface area (Å²) in [5, 5.41) is 18.0. The van der Waals surface area contributed by atoms with Crippen molar-refractivity contribution in [1.29, 1.82) is 0 Å². The van der Waals surface area contributed by atoms with Crippen LogP contribution in [-0.4, -0.2) is 80.9 Å². The van der Waals surface area contributed by atoms with Gasteiger partial charge >= 0.3 is 35.5 Å². The number of carbonyl (C=O) groups excluding carboxylic acids is 1. The Balaban J connectivity index is 0.00000312. The van der Waals surface area contributed by atoms with Gasteiger partial charge in [-0.25, -0.2) is 4.79 Å². The van der Waals surface area contributed by atoms with Gasteiger partial charge in [0.2, 0.25) is 0 Å². The summed E-state index contributed by atoms with van der Waals surface area (Å²) in [6.07, 6.45) is 0.842. The van der Waals surface area contributed by atoms with Crippen molar-refractivity contribution in [2.75, 3.05) is 19.0 Å². The molecule has 0 spiro atoms. The number of ether oxygens (including phenoxy) is 2. The van der Waals surface area contributed by atoms with Crippen molar-refractivity contribution in [2.24, 2.45) is 5.92 Å². The Labute approximate surface area is 173 Å². The number of aliphatic hydroxyl groups excluding tert-OH is 1. The van der Waals surface area contributed by atoms with Crippen molar-refractivity contribution in [2.45, 2.75) is 25.1 Å². The Morgan fingerprint density at radius 2 is 2.00 bits per heavy atom. The van der Waals surface area contributed by atoms with E-state index < -0.39 is 6.10 Å². The molecule has 0 aliphatic carbocycles. The number of aliphatic hydroxyl groups is 1. The molecule has 2 N–H and O–H groups in total. The quantitative estimate of drug-likeness (QED) is 0.389. The number of nitrogens with one attached hydrogen (secondary N) is 1. The number of thioether (sulfide) groups is 1. The van der Waals surface area contributed by atoms with Crippen LogP contribution >= 0.6 is 11.8 Å². The van der Waals surface area contributed by atoms with E-state index in [-0.39, 0.29) is 42.1 Å². The van der Waals surface area contributed by atoms with Crippen LogP contribution in [0.2, 0.25) is 0 Å². The number of carbonyl (C=O) groups is 1. The Kier molecular flexibility index (Phi) is 10.1. The molecule has 1 unspecified atom stereocenters. The topological polar surface area (TPSA) is 97.3 Å². The first kappa shape index (κ1) is 22.0. The molecule has 0 aliphatic rings. The van der Waals surface area contributed by atoms with Gasteiger partial charge in [-0.3, -0.25) is 0 Å². The number of aromatic nitrogens is 3. The molecule has 1 aromatic carbocycles. The van der Waals surface area contributed by atoms with Gasteiger partial charge in [0.1, 0.15) is 18.7 Å². The number of hydrogen-bond acceptors (Lipinski definition) is 7. The van der Waals surface area contributed by atoms with E-state index in [0.29, 0.717) is 34.7 Å². The Hall–Kier alpha value is -1.06. The number of nitrogens with zero attached hydrogens (tertiary/aromatic N) is 2. The molecule has 2 aromatic rings. The van der Waals surface area contributed by atoms with Gasteiger partial charge in [0.15, 0.2) is 5.16 Å². The predicted octanol–water partition coefficient (Wildman–Crippen LogP) is 1.50. The number of esters is 1. The summed E-state index contributed by atoms with van der Waals surface area (Å²) in [5.41, 5.74) is 0.476. The summed E-state index contributed by atoms with van der Waals surface area (Å²) >= 11 is 1.36. The van der Waals surface area contributed by atoms with Crippen LogP contribution in [0.1, 0.15) is 24.2 Å². The van der Waals surface area contributed by atoms with Crippen molar-refractivity contribution in [3.8, 4) is 5.75 Å². The molecule has 0 radical (unpaired) electrons. The Morgan fingerprint density at radius 1 is 1.28 bits per heavy atom. The zero-order valence-corrected chi connectivity index (χ0v) is 14.5. The first-order valence-electron chi connectivity index (χ1n) is 7.61. The second kappa shape index (κ2) is 11.5. The van der Waals surface area contributed by atoms with Crippen molar-refractivity contribution >= 4 is 47.3 Å². The van der Waals surface area contributed by atoms with E-state index in [1.165, 1.54) is 18.1 Å². The van der Waals surface area contributed by atoms with Crippen LogP contribution < -0.4 is 4.74 Å². The van der Waals surface area contributed by atoms with Gasteiger partial charge in [-0.1, -0.05) is 25.6 Å². The van der Waals surface area contributed by atoms with Crippen LogP contribution in [0.4, 0.5) is 0 Å². The number of aromatic amines is 1. The first-order valence-corrected chi connectivity index (χ1v) is 8.60. The molecule has 7 nitrogen and oxygen atoms in total. The fourth-order valence-electron chi connectivity index (χ4n) is 1.69. The molecular formula is C16H22N3NaO4S. The summed E-state index contributed by atoms with van der Waals surface area (Å²) in [6, 6.07) is 6.66. The van der Waals surface area contributed by atoms with Gasteiger partial charge in [0.05, 0.1) is 18.3 Å². The molecule has 2 rings (SSSR count). The Morgan fingerprint density at radius 3 is 2.60 bits per heavy atom. The van der Waals surface area contributed by atoms with Crippen LogP contribution in [0.15, 0.2) is 35.7 Å². The molecule has 1 atom stereocenters. The summed E-state index contributed by atoms with van der Waals surface area (Å²) in [7, 11) is 0. The molecule has 0 bridgehead atoms. The van der Waals surface area contributed by atoms with Gasteiger partial charge in [0.25, 0.3) is 0 Å². The SMILES string of the molecule is CC(C)COC(=O)c1ccc(OCC(O)CSc2nnc[nH]2)cc1.[NaH]. The molecular weight excluding hydrogens is 353 g/mol. The van der Waals surface area contributed by atoms with Gasteiger partial charge in [-0.2, -0.15) is 0 Å². The van der Waals surface area contributed by atoms with Gasteiger partial charge in [-0.15, -0.1) is 10.2 Å². The van der Waals surface area contributed by atoms with Crippen LogP contribution in [0.25, 0.3) is 0 Å². The standard InChI is InChI=1S/C16H21N3O4S.Na.H/c1-11(2)7-23-15(21)12-3-5-14(6-4-12)22-8-13(20)9-24-16-17-10-18-19-16;;/h3-6,10-11,13,20H,7-9H2,1-2H3,(H,17,18,19);;. The minimum atomic E-state index is -0.643. The predicted molar refractivity (Wildman–Crippen MR) is 97.3 cm³/mol. The van der Waals surface area contributed by atoms with Crippen molar-refractivity contribution < 1.29 is 19.4 Å². The van der Waals surface area contributed by atoms with Crippen molar-refractivity contribution in [3.63, 3.8) is 0 Å². The third-order valence-corrected chi connectivity index (χ3v) is 3.91. The van der Waals surface area contributed by atoms with Gasteiger partial charge in [-0.05, 0) is 30.2 Å². The molecule has 0 aliphatic heterocycles. The zero-order valence-electron chi connectivity index (χ0n) is 13.6. The third-order valence-electron chi connectivity index (χ3n) is 2.89. The van der Waals surface area contributed by atoms with E-state index in [1.807, 2.05) is 13.8 Å². The third kappa shape index (κ3) is 8.24. The monoisotopic (exact) mass is 375 g/mol. The molecule has 9 heteroatoms. The van der Waals surface area contributed by atoms with Crippen LogP contribution in [-0.2, 0) is 4.74 Å². The molecule has 1 aromatic heterocycles. The molecule has 0 saturated carbocycles.